The van der Waals surface area contributed by atoms with Gasteiger partial charge in [-0.05, 0) is 24.3 Å². The molecule has 0 unspecified atom stereocenters. The molecule has 1 aliphatic rings. The van der Waals surface area contributed by atoms with Gasteiger partial charge in [0.2, 0.25) is 0 Å². The van der Waals surface area contributed by atoms with Crippen LogP contribution >= 0.6 is 0 Å². The zero-order valence-electron chi connectivity index (χ0n) is 10.5. The molecular weight excluding hydrogens is 258 g/mol. The van der Waals surface area contributed by atoms with Crippen LogP contribution in [0.2, 0.25) is 0 Å². The first-order valence-corrected chi connectivity index (χ1v) is 5.49. The van der Waals surface area contributed by atoms with Gasteiger partial charge in [-0.1, -0.05) is 0 Å². The molecule has 0 aromatic heterocycles. The summed E-state index contributed by atoms with van der Waals surface area (Å²) in [4.78, 5) is 12.2. The highest BCUT2D eigenvalue weighted by atomic mass is 16.5. The molecule has 98 valence electrons. The van der Waals surface area contributed by atoms with Gasteiger partial charge in [0.1, 0.15) is 29.0 Å². The van der Waals surface area contributed by atoms with Gasteiger partial charge in [-0.15, -0.1) is 5.10 Å². The lowest BCUT2D eigenvalue weighted by Crippen LogP contribution is -2.23. The third-order valence-corrected chi connectivity index (χ3v) is 2.66. The minimum absolute atomic E-state index is 0.149. The number of nitriles is 2. The Balaban J connectivity index is 2.43. The third-order valence-electron chi connectivity index (χ3n) is 2.66. The monoisotopic (exact) mass is 267 g/mol. The number of carbonyl (C=O) groups excluding carboxylic acids is 1. The first-order valence-electron chi connectivity index (χ1n) is 5.49. The molecule has 1 aromatic carbocycles. The second-order valence-corrected chi connectivity index (χ2v) is 3.77. The maximum absolute atomic E-state index is 12.2. The summed E-state index contributed by atoms with van der Waals surface area (Å²) in [5.41, 5.74) is 5.54. The number of hydrazone groups is 1. The van der Waals surface area contributed by atoms with E-state index in [1.165, 1.54) is 7.11 Å². The van der Waals surface area contributed by atoms with Gasteiger partial charge in [0.15, 0.2) is 5.84 Å². The van der Waals surface area contributed by atoms with Crippen LogP contribution < -0.4 is 15.5 Å². The van der Waals surface area contributed by atoms with Crippen molar-refractivity contribution in [3.05, 3.63) is 35.4 Å². The molecule has 1 heterocycles. The smallest absolute Gasteiger partial charge is 0.284 e. The van der Waals surface area contributed by atoms with Crippen molar-refractivity contribution in [2.24, 2.45) is 10.8 Å². The molecule has 2 rings (SSSR count). The van der Waals surface area contributed by atoms with Crippen LogP contribution in [0.15, 0.2) is 40.5 Å². The van der Waals surface area contributed by atoms with E-state index in [2.05, 4.69) is 5.10 Å². The predicted molar refractivity (Wildman–Crippen MR) is 70.4 cm³/mol. The standard InChI is InChI=1S/C13H9N5O2/c1-20-10-4-2-9(3-5-10)18-13(19)11(12(16)17-18)8(6-14)7-15/h2-5H,1H3,(H2,16,17). The number of anilines is 1. The maximum atomic E-state index is 12.2. The van der Waals surface area contributed by atoms with E-state index in [-0.39, 0.29) is 17.0 Å². The molecule has 0 saturated carbocycles. The fourth-order valence-corrected chi connectivity index (χ4v) is 1.69. The first kappa shape index (κ1) is 13.1. The highest BCUT2D eigenvalue weighted by Crippen LogP contribution is 2.25. The quantitative estimate of drug-likeness (QED) is 0.624. The second kappa shape index (κ2) is 5.12. The van der Waals surface area contributed by atoms with Gasteiger partial charge in [-0.3, -0.25) is 4.79 Å². The molecule has 1 amide bonds. The van der Waals surface area contributed by atoms with E-state index in [0.717, 1.165) is 5.01 Å². The van der Waals surface area contributed by atoms with Crippen LogP contribution in [0.3, 0.4) is 0 Å². The van der Waals surface area contributed by atoms with Crippen LogP contribution in [0, 0.1) is 22.7 Å². The molecular formula is C13H9N5O2. The number of hydrogen-bond acceptors (Lipinski definition) is 6. The van der Waals surface area contributed by atoms with Crippen LogP contribution in [0.5, 0.6) is 5.75 Å². The highest BCUT2D eigenvalue weighted by molar-refractivity contribution is 6.30. The Morgan fingerprint density at radius 2 is 1.90 bits per heavy atom. The number of allylic oxidation sites excluding steroid dienone is 1. The van der Waals surface area contributed by atoms with E-state index in [0.29, 0.717) is 11.4 Å². The van der Waals surface area contributed by atoms with E-state index in [9.17, 15) is 4.79 Å². The summed E-state index contributed by atoms with van der Waals surface area (Å²) in [5, 5.41) is 22.5. The Bertz CT molecular complexity index is 688. The van der Waals surface area contributed by atoms with Gasteiger partial charge in [-0.2, -0.15) is 15.5 Å². The Morgan fingerprint density at radius 1 is 1.30 bits per heavy atom. The lowest BCUT2D eigenvalue weighted by molar-refractivity contribution is -0.114. The number of methoxy groups -OCH3 is 1. The highest BCUT2D eigenvalue weighted by Gasteiger charge is 2.32. The fraction of sp³-hybridized carbons (Fsp3) is 0.0769. The number of nitrogens with zero attached hydrogens (tertiary/aromatic N) is 4. The normalized spacial score (nSPS) is 13.6. The van der Waals surface area contributed by atoms with Crippen molar-refractivity contribution in [3.63, 3.8) is 0 Å². The zero-order valence-corrected chi connectivity index (χ0v) is 10.5. The Morgan fingerprint density at radius 3 is 2.40 bits per heavy atom. The number of amidine groups is 1. The van der Waals surface area contributed by atoms with E-state index in [1.807, 2.05) is 0 Å². The molecule has 0 aliphatic carbocycles. The van der Waals surface area contributed by atoms with Crippen LogP contribution in [0.4, 0.5) is 5.69 Å². The molecule has 0 fully saturated rings. The van der Waals surface area contributed by atoms with Crippen molar-refractivity contribution in [2.75, 3.05) is 12.1 Å². The van der Waals surface area contributed by atoms with E-state index >= 15 is 0 Å². The van der Waals surface area contributed by atoms with Crippen molar-refractivity contribution in [1.29, 1.82) is 10.5 Å². The molecule has 1 aromatic rings. The van der Waals surface area contributed by atoms with E-state index in [1.54, 1.807) is 36.4 Å². The fourth-order valence-electron chi connectivity index (χ4n) is 1.69. The molecule has 0 saturated heterocycles. The third kappa shape index (κ3) is 2.04. The Kier molecular flexibility index (Phi) is 3.36. The average molecular weight is 267 g/mol. The van der Waals surface area contributed by atoms with Crippen molar-refractivity contribution in [2.45, 2.75) is 0 Å². The number of rotatable bonds is 2. The Hall–Kier alpha value is -3.32. The molecule has 2 N–H and O–H groups in total. The van der Waals surface area contributed by atoms with Gasteiger partial charge < -0.3 is 10.5 Å². The van der Waals surface area contributed by atoms with Gasteiger partial charge in [0.25, 0.3) is 5.91 Å². The summed E-state index contributed by atoms with van der Waals surface area (Å²) in [6.45, 7) is 0. The van der Waals surface area contributed by atoms with Gasteiger partial charge in [0.05, 0.1) is 12.8 Å². The van der Waals surface area contributed by atoms with Crippen molar-refractivity contribution >= 4 is 17.4 Å². The average Bonchev–Trinajstić information content (AvgIpc) is 2.77. The largest absolute Gasteiger partial charge is 0.497 e. The summed E-state index contributed by atoms with van der Waals surface area (Å²) >= 11 is 0. The van der Waals surface area contributed by atoms with Crippen LogP contribution in [-0.4, -0.2) is 18.9 Å². The molecule has 20 heavy (non-hydrogen) atoms. The lowest BCUT2D eigenvalue weighted by Gasteiger charge is -2.11. The molecule has 1 aliphatic heterocycles. The molecule has 0 atom stereocenters. The lowest BCUT2D eigenvalue weighted by atomic mass is 10.1. The number of ether oxygens (including phenoxy) is 1. The van der Waals surface area contributed by atoms with E-state index in [4.69, 9.17) is 21.0 Å². The van der Waals surface area contributed by atoms with Crippen molar-refractivity contribution in [3.8, 4) is 17.9 Å². The SMILES string of the molecule is COc1ccc(N2N=C(N)C(=C(C#N)C#N)C2=O)cc1. The predicted octanol–water partition coefficient (Wildman–Crippen LogP) is 0.658. The maximum Gasteiger partial charge on any atom is 0.284 e. The minimum atomic E-state index is -0.606. The topological polar surface area (TPSA) is 115 Å². The summed E-state index contributed by atoms with van der Waals surface area (Å²) < 4.78 is 5.01. The number of carbonyl (C=O) groups is 1. The molecule has 0 spiro atoms. The van der Waals surface area contributed by atoms with Crippen LogP contribution in [-0.2, 0) is 4.79 Å². The summed E-state index contributed by atoms with van der Waals surface area (Å²) in [6.07, 6.45) is 0. The van der Waals surface area contributed by atoms with Gasteiger partial charge in [-0.25, -0.2) is 0 Å². The van der Waals surface area contributed by atoms with Gasteiger partial charge >= 0.3 is 0 Å². The van der Waals surface area contributed by atoms with Crippen LogP contribution in [0.1, 0.15) is 0 Å². The number of nitrogens with two attached hydrogens (primary N) is 1. The number of hydrogen-bond donors (Lipinski definition) is 1. The molecule has 0 radical (unpaired) electrons. The van der Waals surface area contributed by atoms with Crippen molar-refractivity contribution in [1.82, 2.24) is 0 Å². The summed E-state index contributed by atoms with van der Waals surface area (Å²) in [7, 11) is 1.53. The number of benzene rings is 1. The summed E-state index contributed by atoms with van der Waals surface area (Å²) in [5.74, 6) is -0.127. The first-order chi connectivity index (χ1) is 9.62. The van der Waals surface area contributed by atoms with E-state index < -0.39 is 5.91 Å². The van der Waals surface area contributed by atoms with Crippen molar-refractivity contribution < 1.29 is 9.53 Å². The van der Waals surface area contributed by atoms with Gasteiger partial charge in [0, 0.05) is 0 Å². The summed E-state index contributed by atoms with van der Waals surface area (Å²) in [6, 6.07) is 9.83. The molecule has 7 heteroatoms. The molecule has 0 bridgehead atoms. The molecule has 7 nitrogen and oxygen atoms in total. The Labute approximate surface area is 114 Å². The second-order valence-electron chi connectivity index (χ2n) is 3.77. The van der Waals surface area contributed by atoms with Crippen LogP contribution in [0.25, 0.3) is 0 Å². The zero-order chi connectivity index (χ0) is 14.7. The number of amides is 1. The minimum Gasteiger partial charge on any atom is -0.497 e.